The molecule has 0 unspecified atom stereocenters. The molecule has 17 heavy (non-hydrogen) atoms. The van der Waals surface area contributed by atoms with E-state index in [-0.39, 0.29) is 0 Å². The lowest BCUT2D eigenvalue weighted by Crippen LogP contribution is -1.95. The van der Waals surface area contributed by atoms with Gasteiger partial charge >= 0.3 is 0 Å². The molecule has 0 atom stereocenters. The number of H-pyrrole nitrogens is 1. The summed E-state index contributed by atoms with van der Waals surface area (Å²) in [7, 11) is 0. The summed E-state index contributed by atoms with van der Waals surface area (Å²) in [5.74, 6) is 0.895. The molecular weight excluding hydrogens is 210 g/mol. The summed E-state index contributed by atoms with van der Waals surface area (Å²) in [5.41, 5.74) is 1.12. The Balaban J connectivity index is 1.82. The van der Waals surface area contributed by atoms with E-state index >= 15 is 0 Å². The van der Waals surface area contributed by atoms with Crippen LogP contribution >= 0.6 is 0 Å². The summed E-state index contributed by atoms with van der Waals surface area (Å²) in [4.78, 5) is 3.26. The molecule has 2 nitrogen and oxygen atoms in total. The van der Waals surface area contributed by atoms with Crippen molar-refractivity contribution in [2.45, 2.75) is 6.61 Å². The van der Waals surface area contributed by atoms with E-state index in [4.69, 9.17) is 4.74 Å². The normalized spacial score (nSPS) is 10.6. The van der Waals surface area contributed by atoms with Crippen molar-refractivity contribution in [1.29, 1.82) is 0 Å². The quantitative estimate of drug-likeness (QED) is 0.718. The number of para-hydroxylation sites is 1. The minimum atomic E-state index is 0.567. The standard InChI is InChI=1S/C15H13NO/c1-2-7-13(8-3-1)17-11-15-14-9-5-4-6-12(14)10-16-15/h1-10,16H,11H2. The first-order valence-corrected chi connectivity index (χ1v) is 5.66. The Morgan fingerprint density at radius 3 is 2.53 bits per heavy atom. The second-order valence-electron chi connectivity index (χ2n) is 3.96. The highest BCUT2D eigenvalue weighted by Gasteiger charge is 2.02. The Bertz CT molecular complexity index is 613. The number of rotatable bonds is 3. The first kappa shape index (κ1) is 9.97. The summed E-state index contributed by atoms with van der Waals surface area (Å²) in [6, 6.07) is 18.1. The fourth-order valence-electron chi connectivity index (χ4n) is 1.93. The smallest absolute Gasteiger partial charge is 0.129 e. The molecule has 2 aromatic carbocycles. The molecule has 84 valence electrons. The van der Waals surface area contributed by atoms with Crippen molar-refractivity contribution in [3.05, 3.63) is 66.5 Å². The second-order valence-corrected chi connectivity index (χ2v) is 3.96. The van der Waals surface area contributed by atoms with Crippen LogP contribution in [0.3, 0.4) is 0 Å². The van der Waals surface area contributed by atoms with Crippen molar-refractivity contribution in [2.75, 3.05) is 0 Å². The third kappa shape index (κ3) is 2.02. The van der Waals surface area contributed by atoms with Crippen molar-refractivity contribution in [3.63, 3.8) is 0 Å². The minimum absolute atomic E-state index is 0.567. The van der Waals surface area contributed by atoms with Gasteiger partial charge in [0.05, 0.1) is 5.69 Å². The van der Waals surface area contributed by atoms with E-state index in [1.807, 2.05) is 48.7 Å². The molecule has 0 aliphatic carbocycles. The predicted octanol–water partition coefficient (Wildman–Crippen LogP) is 3.75. The number of hydrogen-bond acceptors (Lipinski definition) is 1. The number of nitrogens with one attached hydrogen (secondary N) is 1. The molecule has 0 radical (unpaired) electrons. The van der Waals surface area contributed by atoms with Crippen molar-refractivity contribution in [2.24, 2.45) is 0 Å². The highest BCUT2D eigenvalue weighted by Crippen LogP contribution is 2.19. The zero-order valence-electron chi connectivity index (χ0n) is 9.39. The lowest BCUT2D eigenvalue weighted by Gasteiger charge is -2.04. The third-order valence-corrected chi connectivity index (χ3v) is 2.81. The van der Waals surface area contributed by atoms with E-state index < -0.39 is 0 Å². The number of benzene rings is 2. The van der Waals surface area contributed by atoms with Gasteiger partial charge in [-0.15, -0.1) is 0 Å². The maximum absolute atomic E-state index is 5.73. The average Bonchev–Trinajstić information content (AvgIpc) is 2.81. The molecule has 3 aromatic rings. The van der Waals surface area contributed by atoms with Gasteiger partial charge in [0.2, 0.25) is 0 Å². The van der Waals surface area contributed by atoms with Gasteiger partial charge in [0.25, 0.3) is 0 Å². The monoisotopic (exact) mass is 223 g/mol. The largest absolute Gasteiger partial charge is 0.487 e. The van der Waals surface area contributed by atoms with E-state index in [2.05, 4.69) is 17.1 Å². The molecule has 3 rings (SSSR count). The number of hydrogen-bond donors (Lipinski definition) is 1. The van der Waals surface area contributed by atoms with Gasteiger partial charge in [-0.05, 0) is 17.5 Å². The Kier molecular flexibility index (Phi) is 2.54. The Labute approximate surface area is 99.9 Å². The molecule has 0 aliphatic rings. The Morgan fingerprint density at radius 1 is 0.882 bits per heavy atom. The van der Waals surface area contributed by atoms with E-state index in [0.717, 1.165) is 11.4 Å². The maximum Gasteiger partial charge on any atom is 0.129 e. The molecule has 0 saturated heterocycles. The summed E-state index contributed by atoms with van der Waals surface area (Å²) in [6.07, 6.45) is 2.01. The van der Waals surface area contributed by atoms with Crippen molar-refractivity contribution < 1.29 is 4.74 Å². The van der Waals surface area contributed by atoms with Crippen LogP contribution in [0.15, 0.2) is 60.8 Å². The first-order chi connectivity index (χ1) is 8.43. The lowest BCUT2D eigenvalue weighted by atomic mass is 10.2. The fourth-order valence-corrected chi connectivity index (χ4v) is 1.93. The molecule has 2 heteroatoms. The maximum atomic E-state index is 5.73. The summed E-state index contributed by atoms with van der Waals surface area (Å²) in [5, 5.41) is 2.45. The van der Waals surface area contributed by atoms with Crippen LogP contribution in [0.4, 0.5) is 0 Å². The second kappa shape index (κ2) is 4.34. The Hall–Kier alpha value is -2.22. The van der Waals surface area contributed by atoms with Gasteiger partial charge in [-0.3, -0.25) is 0 Å². The van der Waals surface area contributed by atoms with Crippen LogP contribution in [0, 0.1) is 0 Å². The zero-order chi connectivity index (χ0) is 11.5. The van der Waals surface area contributed by atoms with Crippen LogP contribution in [-0.2, 0) is 6.61 Å². The molecule has 0 bridgehead atoms. The molecule has 0 aliphatic heterocycles. The third-order valence-electron chi connectivity index (χ3n) is 2.81. The summed E-state index contributed by atoms with van der Waals surface area (Å²) in [6.45, 7) is 0.567. The molecule has 0 amide bonds. The van der Waals surface area contributed by atoms with Crippen LogP contribution in [-0.4, -0.2) is 4.98 Å². The summed E-state index contributed by atoms with van der Waals surface area (Å²) < 4.78 is 5.73. The highest BCUT2D eigenvalue weighted by atomic mass is 16.5. The lowest BCUT2D eigenvalue weighted by molar-refractivity contribution is 0.303. The van der Waals surface area contributed by atoms with Crippen LogP contribution in [0.5, 0.6) is 5.75 Å². The van der Waals surface area contributed by atoms with Crippen molar-refractivity contribution in [3.8, 4) is 5.75 Å². The van der Waals surface area contributed by atoms with E-state index in [1.165, 1.54) is 10.8 Å². The van der Waals surface area contributed by atoms with Gasteiger partial charge in [0.1, 0.15) is 12.4 Å². The van der Waals surface area contributed by atoms with Gasteiger partial charge in [0, 0.05) is 11.6 Å². The van der Waals surface area contributed by atoms with Crippen LogP contribution < -0.4 is 4.74 Å². The number of aromatic amines is 1. The van der Waals surface area contributed by atoms with Crippen LogP contribution in [0.1, 0.15) is 5.69 Å². The van der Waals surface area contributed by atoms with Gasteiger partial charge in [-0.2, -0.15) is 0 Å². The molecule has 1 heterocycles. The molecule has 1 aromatic heterocycles. The topological polar surface area (TPSA) is 25.0 Å². The highest BCUT2D eigenvalue weighted by molar-refractivity contribution is 5.84. The molecule has 0 fully saturated rings. The molecule has 1 N–H and O–H groups in total. The van der Waals surface area contributed by atoms with E-state index in [1.54, 1.807) is 0 Å². The van der Waals surface area contributed by atoms with Crippen LogP contribution in [0.25, 0.3) is 10.8 Å². The van der Waals surface area contributed by atoms with Gasteiger partial charge < -0.3 is 9.72 Å². The SMILES string of the molecule is c1ccc(OCc2[nH]cc3ccccc23)cc1. The predicted molar refractivity (Wildman–Crippen MR) is 69.1 cm³/mol. The van der Waals surface area contributed by atoms with Gasteiger partial charge in [-0.1, -0.05) is 42.5 Å². The van der Waals surface area contributed by atoms with E-state index in [0.29, 0.717) is 6.61 Å². The number of aromatic nitrogens is 1. The Morgan fingerprint density at radius 2 is 1.65 bits per heavy atom. The molecule has 0 spiro atoms. The van der Waals surface area contributed by atoms with Crippen LogP contribution in [0.2, 0.25) is 0 Å². The fraction of sp³-hybridized carbons (Fsp3) is 0.0667. The van der Waals surface area contributed by atoms with Crippen molar-refractivity contribution in [1.82, 2.24) is 4.98 Å². The number of ether oxygens (including phenoxy) is 1. The number of fused-ring (bicyclic) bond motifs is 1. The molecular formula is C15H13NO. The van der Waals surface area contributed by atoms with Gasteiger partial charge in [0.15, 0.2) is 0 Å². The average molecular weight is 223 g/mol. The zero-order valence-corrected chi connectivity index (χ0v) is 9.39. The summed E-state index contributed by atoms with van der Waals surface area (Å²) >= 11 is 0. The van der Waals surface area contributed by atoms with Gasteiger partial charge in [-0.25, -0.2) is 0 Å². The van der Waals surface area contributed by atoms with Crippen molar-refractivity contribution >= 4 is 10.8 Å². The first-order valence-electron chi connectivity index (χ1n) is 5.66. The minimum Gasteiger partial charge on any atom is -0.487 e. The van der Waals surface area contributed by atoms with E-state index in [9.17, 15) is 0 Å². The molecule has 0 saturated carbocycles.